The summed E-state index contributed by atoms with van der Waals surface area (Å²) in [6.07, 6.45) is 1.28. The molecule has 1 aromatic carbocycles. The summed E-state index contributed by atoms with van der Waals surface area (Å²) in [6.45, 7) is 1.91. The van der Waals surface area contributed by atoms with E-state index in [0.29, 0.717) is 13.1 Å². The van der Waals surface area contributed by atoms with Crippen LogP contribution in [0.3, 0.4) is 0 Å². The highest BCUT2D eigenvalue weighted by Gasteiger charge is 2.13. The predicted octanol–water partition coefficient (Wildman–Crippen LogP) is 2.80. The van der Waals surface area contributed by atoms with E-state index in [4.69, 9.17) is 4.74 Å². The molecule has 4 nitrogen and oxygen atoms in total. The molecule has 0 spiro atoms. The second-order valence-corrected chi connectivity index (χ2v) is 8.52. The fraction of sp³-hybridized carbons (Fsp3) is 0.375. The van der Waals surface area contributed by atoms with Gasteiger partial charge in [0.1, 0.15) is 15.6 Å². The molecule has 0 N–H and O–H groups in total. The number of para-hydroxylation sites is 1. The summed E-state index contributed by atoms with van der Waals surface area (Å²) >= 11 is 1.68. The van der Waals surface area contributed by atoms with Crippen LogP contribution in [0, 0.1) is 0 Å². The zero-order chi connectivity index (χ0) is 16.0. The first-order valence-electron chi connectivity index (χ1n) is 7.02. The minimum Gasteiger partial charge on any atom is -0.496 e. The molecule has 0 fully saturated rings. The maximum absolute atomic E-state index is 11.5. The lowest BCUT2D eigenvalue weighted by molar-refractivity contribution is 0.269. The van der Waals surface area contributed by atoms with Crippen molar-refractivity contribution in [3.8, 4) is 5.75 Å². The lowest BCUT2D eigenvalue weighted by atomic mass is 10.2. The van der Waals surface area contributed by atoms with Crippen LogP contribution < -0.4 is 4.74 Å². The van der Waals surface area contributed by atoms with Crippen LogP contribution in [-0.2, 0) is 22.9 Å². The van der Waals surface area contributed by atoms with Crippen LogP contribution >= 0.6 is 11.3 Å². The van der Waals surface area contributed by atoms with Crippen LogP contribution in [0.2, 0.25) is 0 Å². The highest BCUT2D eigenvalue weighted by Crippen LogP contribution is 2.21. The van der Waals surface area contributed by atoms with Crippen molar-refractivity contribution >= 4 is 21.2 Å². The number of nitrogens with zero attached hydrogens (tertiary/aromatic N) is 1. The second kappa shape index (κ2) is 7.76. The van der Waals surface area contributed by atoms with Crippen molar-refractivity contribution in [2.45, 2.75) is 13.1 Å². The summed E-state index contributed by atoms with van der Waals surface area (Å²) in [6, 6.07) is 11.9. The first kappa shape index (κ1) is 17.0. The van der Waals surface area contributed by atoms with Crippen molar-refractivity contribution in [2.75, 3.05) is 25.7 Å². The zero-order valence-electron chi connectivity index (χ0n) is 12.9. The first-order valence-corrected chi connectivity index (χ1v) is 9.96. The molecule has 0 aliphatic carbocycles. The van der Waals surface area contributed by atoms with Gasteiger partial charge in [-0.15, -0.1) is 11.3 Å². The monoisotopic (exact) mass is 339 g/mol. The van der Waals surface area contributed by atoms with E-state index in [1.54, 1.807) is 18.4 Å². The van der Waals surface area contributed by atoms with Gasteiger partial charge in [-0.3, -0.25) is 4.90 Å². The van der Waals surface area contributed by atoms with Crippen LogP contribution in [0.5, 0.6) is 5.75 Å². The zero-order valence-corrected chi connectivity index (χ0v) is 14.5. The third kappa shape index (κ3) is 5.44. The fourth-order valence-electron chi connectivity index (χ4n) is 2.21. The quantitative estimate of drug-likeness (QED) is 0.742. The molecule has 0 aliphatic heterocycles. The minimum atomic E-state index is -2.98. The Hall–Kier alpha value is -1.37. The van der Waals surface area contributed by atoms with Crippen molar-refractivity contribution in [3.63, 3.8) is 0 Å². The highest BCUT2D eigenvalue weighted by molar-refractivity contribution is 7.90. The smallest absolute Gasteiger partial charge is 0.148 e. The van der Waals surface area contributed by atoms with E-state index in [1.807, 2.05) is 35.7 Å². The maximum Gasteiger partial charge on any atom is 0.148 e. The van der Waals surface area contributed by atoms with E-state index >= 15 is 0 Å². The molecule has 0 atom stereocenters. The molecule has 0 unspecified atom stereocenters. The lowest BCUT2D eigenvalue weighted by Gasteiger charge is -2.22. The summed E-state index contributed by atoms with van der Waals surface area (Å²) in [5, 5.41) is 2.03. The highest BCUT2D eigenvalue weighted by atomic mass is 32.2. The number of thiophene rings is 1. The van der Waals surface area contributed by atoms with Crippen molar-refractivity contribution < 1.29 is 13.2 Å². The summed E-state index contributed by atoms with van der Waals surface area (Å²) < 4.78 is 28.3. The number of benzene rings is 1. The Morgan fingerprint density at radius 2 is 1.91 bits per heavy atom. The van der Waals surface area contributed by atoms with Gasteiger partial charge in [-0.25, -0.2) is 8.42 Å². The van der Waals surface area contributed by atoms with Gasteiger partial charge in [0.2, 0.25) is 0 Å². The van der Waals surface area contributed by atoms with Gasteiger partial charge in [0.05, 0.1) is 12.9 Å². The largest absolute Gasteiger partial charge is 0.496 e. The Morgan fingerprint density at radius 3 is 2.55 bits per heavy atom. The maximum atomic E-state index is 11.5. The van der Waals surface area contributed by atoms with E-state index in [-0.39, 0.29) is 5.75 Å². The molecule has 0 bridgehead atoms. The van der Waals surface area contributed by atoms with Gasteiger partial charge in [-0.05, 0) is 17.5 Å². The Labute approximate surface area is 136 Å². The molecular weight excluding hydrogens is 318 g/mol. The Kier molecular flexibility index (Phi) is 5.99. The SMILES string of the molecule is COc1ccccc1CN(CCS(C)(=O)=O)Cc1cccs1. The van der Waals surface area contributed by atoms with Crippen LogP contribution in [-0.4, -0.2) is 39.0 Å². The molecule has 0 amide bonds. The predicted molar refractivity (Wildman–Crippen MR) is 91.1 cm³/mol. The van der Waals surface area contributed by atoms with E-state index in [1.165, 1.54) is 11.1 Å². The second-order valence-electron chi connectivity index (χ2n) is 5.23. The number of hydrogen-bond acceptors (Lipinski definition) is 5. The molecule has 0 saturated heterocycles. The molecule has 0 radical (unpaired) electrons. The van der Waals surface area contributed by atoms with Gasteiger partial charge in [-0.1, -0.05) is 24.3 Å². The molecule has 120 valence electrons. The van der Waals surface area contributed by atoms with E-state index in [0.717, 1.165) is 17.9 Å². The standard InChI is InChI=1S/C16H21NO3S2/c1-20-16-8-4-3-6-14(16)12-17(9-11-22(2,18)19)13-15-7-5-10-21-15/h3-8,10H,9,11-13H2,1-2H3. The molecule has 1 heterocycles. The van der Waals surface area contributed by atoms with Gasteiger partial charge >= 0.3 is 0 Å². The number of sulfone groups is 1. The van der Waals surface area contributed by atoms with E-state index in [9.17, 15) is 8.42 Å². The summed E-state index contributed by atoms with van der Waals surface area (Å²) in [5.41, 5.74) is 1.06. The molecule has 2 rings (SSSR count). The number of methoxy groups -OCH3 is 1. The summed E-state index contributed by atoms with van der Waals surface area (Å²) in [4.78, 5) is 3.37. The Bertz CT molecular complexity index is 681. The number of hydrogen-bond donors (Lipinski definition) is 0. The minimum absolute atomic E-state index is 0.160. The third-order valence-electron chi connectivity index (χ3n) is 3.32. The van der Waals surface area contributed by atoms with Crippen LogP contribution in [0.4, 0.5) is 0 Å². The molecule has 0 saturated carbocycles. The van der Waals surface area contributed by atoms with Crippen molar-refractivity contribution in [3.05, 3.63) is 52.2 Å². The van der Waals surface area contributed by atoms with Crippen LogP contribution in [0.25, 0.3) is 0 Å². The Morgan fingerprint density at radius 1 is 1.14 bits per heavy atom. The Balaban J connectivity index is 2.12. The van der Waals surface area contributed by atoms with Crippen molar-refractivity contribution in [1.29, 1.82) is 0 Å². The molecule has 2 aromatic rings. The van der Waals surface area contributed by atoms with Crippen LogP contribution in [0.1, 0.15) is 10.4 Å². The summed E-state index contributed by atoms with van der Waals surface area (Å²) in [7, 11) is -1.32. The molecular formula is C16H21NO3S2. The number of ether oxygens (including phenoxy) is 1. The molecule has 1 aromatic heterocycles. The van der Waals surface area contributed by atoms with Gasteiger partial charge < -0.3 is 4.74 Å². The average Bonchev–Trinajstić information content (AvgIpc) is 2.97. The van der Waals surface area contributed by atoms with Gasteiger partial charge in [-0.2, -0.15) is 0 Å². The van der Waals surface area contributed by atoms with Crippen molar-refractivity contribution in [1.82, 2.24) is 4.90 Å². The average molecular weight is 339 g/mol. The van der Waals surface area contributed by atoms with Crippen LogP contribution in [0.15, 0.2) is 41.8 Å². The normalized spacial score (nSPS) is 11.8. The molecule has 6 heteroatoms. The van der Waals surface area contributed by atoms with Gasteiger partial charge in [0.25, 0.3) is 0 Å². The summed E-state index contributed by atoms with van der Waals surface area (Å²) in [5.74, 6) is 0.992. The van der Waals surface area contributed by atoms with Gasteiger partial charge in [0.15, 0.2) is 0 Å². The van der Waals surface area contributed by atoms with E-state index < -0.39 is 9.84 Å². The third-order valence-corrected chi connectivity index (χ3v) is 5.11. The first-order chi connectivity index (χ1) is 10.5. The molecule has 0 aliphatic rings. The topological polar surface area (TPSA) is 46.6 Å². The van der Waals surface area contributed by atoms with Crippen molar-refractivity contribution in [2.24, 2.45) is 0 Å². The fourth-order valence-corrected chi connectivity index (χ4v) is 3.54. The van der Waals surface area contributed by atoms with E-state index in [2.05, 4.69) is 11.0 Å². The lowest BCUT2D eigenvalue weighted by Crippen LogP contribution is -2.28. The molecule has 22 heavy (non-hydrogen) atoms. The number of rotatable bonds is 8. The van der Waals surface area contributed by atoms with Gasteiger partial charge in [0, 0.05) is 36.3 Å².